The van der Waals surface area contributed by atoms with Crippen LogP contribution in [-0.2, 0) is 0 Å². The van der Waals surface area contributed by atoms with Gasteiger partial charge in [-0.05, 0) is 22.0 Å². The predicted molar refractivity (Wildman–Crippen MR) is 61.0 cm³/mol. The van der Waals surface area contributed by atoms with E-state index in [1.807, 2.05) is 0 Å². The SMILES string of the molecule is O=C(O)c1cnn(-c2ncc(Br)cc2Cl)c1. The van der Waals surface area contributed by atoms with Gasteiger partial charge in [0.1, 0.15) is 0 Å². The number of hydrogen-bond acceptors (Lipinski definition) is 3. The molecule has 0 aliphatic heterocycles. The zero-order valence-electron chi connectivity index (χ0n) is 7.76. The Labute approximate surface area is 104 Å². The molecule has 0 bridgehead atoms. The first-order valence-corrected chi connectivity index (χ1v) is 5.34. The van der Waals surface area contributed by atoms with E-state index in [0.717, 1.165) is 4.47 Å². The average Bonchev–Trinajstić information content (AvgIpc) is 2.66. The first kappa shape index (κ1) is 11.1. The molecule has 2 aromatic rings. The number of aromatic carboxylic acids is 1. The summed E-state index contributed by atoms with van der Waals surface area (Å²) in [6.45, 7) is 0. The van der Waals surface area contributed by atoms with Crippen LogP contribution in [0, 0.1) is 0 Å². The lowest BCUT2D eigenvalue weighted by molar-refractivity contribution is 0.0697. The number of carboxylic acids is 1. The highest BCUT2D eigenvalue weighted by atomic mass is 79.9. The third-order valence-corrected chi connectivity index (χ3v) is 2.55. The molecule has 5 nitrogen and oxygen atoms in total. The number of pyridine rings is 1. The Hall–Kier alpha value is -1.40. The molecule has 0 spiro atoms. The Balaban J connectivity index is 2.46. The lowest BCUT2D eigenvalue weighted by Gasteiger charge is -2.02. The van der Waals surface area contributed by atoms with Crippen LogP contribution < -0.4 is 0 Å². The zero-order chi connectivity index (χ0) is 11.7. The summed E-state index contributed by atoms with van der Waals surface area (Å²) in [5, 5.41) is 13.0. The van der Waals surface area contributed by atoms with Crippen LogP contribution in [0.3, 0.4) is 0 Å². The number of halogens is 2. The van der Waals surface area contributed by atoms with Crippen LogP contribution in [0.25, 0.3) is 5.82 Å². The van der Waals surface area contributed by atoms with E-state index in [1.54, 1.807) is 12.3 Å². The third kappa shape index (κ3) is 2.07. The maximum absolute atomic E-state index is 10.7. The molecule has 0 saturated heterocycles. The summed E-state index contributed by atoms with van der Waals surface area (Å²) in [7, 11) is 0. The first-order chi connectivity index (χ1) is 7.58. The van der Waals surface area contributed by atoms with Gasteiger partial charge in [0.15, 0.2) is 5.82 Å². The summed E-state index contributed by atoms with van der Waals surface area (Å²) in [5.41, 5.74) is 0.0841. The second-order valence-electron chi connectivity index (χ2n) is 2.94. The molecule has 82 valence electrons. The van der Waals surface area contributed by atoms with Crippen molar-refractivity contribution in [2.45, 2.75) is 0 Å². The lowest BCUT2D eigenvalue weighted by atomic mass is 10.4. The van der Waals surface area contributed by atoms with Gasteiger partial charge in [0.05, 0.1) is 16.8 Å². The number of carboxylic acid groups (broad SMARTS) is 1. The van der Waals surface area contributed by atoms with Crippen molar-refractivity contribution < 1.29 is 9.90 Å². The minimum Gasteiger partial charge on any atom is -0.478 e. The number of aromatic nitrogens is 3. The van der Waals surface area contributed by atoms with Gasteiger partial charge < -0.3 is 5.11 Å². The quantitative estimate of drug-likeness (QED) is 0.925. The molecule has 16 heavy (non-hydrogen) atoms. The molecular weight excluding hydrogens is 297 g/mol. The highest BCUT2D eigenvalue weighted by Crippen LogP contribution is 2.21. The second kappa shape index (κ2) is 4.23. The van der Waals surface area contributed by atoms with Crippen LogP contribution >= 0.6 is 27.5 Å². The summed E-state index contributed by atoms with van der Waals surface area (Å²) < 4.78 is 2.06. The molecule has 0 aromatic carbocycles. The monoisotopic (exact) mass is 301 g/mol. The van der Waals surface area contributed by atoms with Crippen LogP contribution in [-0.4, -0.2) is 25.8 Å². The van der Waals surface area contributed by atoms with Crippen LogP contribution in [0.15, 0.2) is 29.1 Å². The van der Waals surface area contributed by atoms with Crippen molar-refractivity contribution in [1.82, 2.24) is 14.8 Å². The third-order valence-electron chi connectivity index (χ3n) is 1.83. The van der Waals surface area contributed by atoms with E-state index in [0.29, 0.717) is 10.8 Å². The van der Waals surface area contributed by atoms with Gasteiger partial charge in [0.2, 0.25) is 0 Å². The van der Waals surface area contributed by atoms with Gasteiger partial charge in [-0.2, -0.15) is 5.10 Å². The van der Waals surface area contributed by atoms with E-state index in [-0.39, 0.29) is 5.56 Å². The Morgan fingerprint density at radius 1 is 1.50 bits per heavy atom. The van der Waals surface area contributed by atoms with Crippen molar-refractivity contribution in [3.05, 3.63) is 39.7 Å². The Morgan fingerprint density at radius 3 is 2.81 bits per heavy atom. The maximum Gasteiger partial charge on any atom is 0.338 e. The molecule has 0 aliphatic rings. The molecule has 0 fully saturated rings. The number of nitrogens with zero attached hydrogens (tertiary/aromatic N) is 3. The van der Waals surface area contributed by atoms with Gasteiger partial charge in [-0.25, -0.2) is 14.5 Å². The molecule has 0 saturated carbocycles. The maximum atomic E-state index is 10.7. The fourth-order valence-corrected chi connectivity index (χ4v) is 1.84. The van der Waals surface area contributed by atoms with Gasteiger partial charge in [-0.1, -0.05) is 11.6 Å². The molecule has 0 radical (unpaired) electrons. The number of hydrogen-bond donors (Lipinski definition) is 1. The fraction of sp³-hybridized carbons (Fsp3) is 0. The molecule has 0 aliphatic carbocycles. The average molecular weight is 303 g/mol. The first-order valence-electron chi connectivity index (χ1n) is 4.17. The summed E-state index contributed by atoms with van der Waals surface area (Å²) in [4.78, 5) is 14.7. The molecule has 0 amide bonds. The largest absolute Gasteiger partial charge is 0.478 e. The van der Waals surface area contributed by atoms with E-state index in [9.17, 15) is 4.79 Å². The second-order valence-corrected chi connectivity index (χ2v) is 4.26. The predicted octanol–water partition coefficient (Wildman–Crippen LogP) is 2.38. The van der Waals surface area contributed by atoms with Crippen LogP contribution in [0.1, 0.15) is 10.4 Å². The van der Waals surface area contributed by atoms with Gasteiger partial charge in [-0.15, -0.1) is 0 Å². The van der Waals surface area contributed by atoms with Crippen LogP contribution in [0.5, 0.6) is 0 Å². The fourth-order valence-electron chi connectivity index (χ4n) is 1.13. The van der Waals surface area contributed by atoms with Crippen molar-refractivity contribution in [2.24, 2.45) is 0 Å². The van der Waals surface area contributed by atoms with Crippen molar-refractivity contribution in [2.75, 3.05) is 0 Å². The number of rotatable bonds is 2. The van der Waals surface area contributed by atoms with Gasteiger partial charge in [-0.3, -0.25) is 0 Å². The van der Waals surface area contributed by atoms with E-state index >= 15 is 0 Å². The van der Waals surface area contributed by atoms with Gasteiger partial charge in [0, 0.05) is 16.9 Å². The van der Waals surface area contributed by atoms with E-state index in [4.69, 9.17) is 16.7 Å². The molecule has 2 heterocycles. The van der Waals surface area contributed by atoms with Crippen molar-refractivity contribution in [3.8, 4) is 5.82 Å². The number of carbonyl (C=O) groups is 1. The molecular formula is C9H5BrClN3O2. The van der Waals surface area contributed by atoms with Gasteiger partial charge in [0.25, 0.3) is 0 Å². The minimum absolute atomic E-state index is 0.0841. The van der Waals surface area contributed by atoms with E-state index in [1.165, 1.54) is 17.1 Å². The van der Waals surface area contributed by atoms with E-state index in [2.05, 4.69) is 26.0 Å². The molecule has 0 atom stereocenters. The molecule has 2 rings (SSSR count). The normalized spacial score (nSPS) is 10.4. The van der Waals surface area contributed by atoms with Crippen molar-refractivity contribution in [1.29, 1.82) is 0 Å². The minimum atomic E-state index is -1.04. The summed E-state index contributed by atoms with van der Waals surface area (Å²) in [6, 6.07) is 1.66. The Kier molecular flexibility index (Phi) is 2.93. The zero-order valence-corrected chi connectivity index (χ0v) is 10.1. The smallest absolute Gasteiger partial charge is 0.338 e. The van der Waals surface area contributed by atoms with E-state index < -0.39 is 5.97 Å². The Bertz CT molecular complexity index is 555. The summed E-state index contributed by atoms with van der Waals surface area (Å²) in [5.74, 6) is -0.656. The molecule has 7 heteroatoms. The van der Waals surface area contributed by atoms with Crippen molar-refractivity contribution >= 4 is 33.5 Å². The van der Waals surface area contributed by atoms with Crippen molar-refractivity contribution in [3.63, 3.8) is 0 Å². The standard InChI is InChI=1S/C9H5BrClN3O2/c10-6-1-7(11)8(12-3-6)14-4-5(2-13-14)9(15)16/h1-4H,(H,15,16). The highest BCUT2D eigenvalue weighted by Gasteiger charge is 2.10. The topological polar surface area (TPSA) is 68.0 Å². The van der Waals surface area contributed by atoms with Crippen LogP contribution in [0.4, 0.5) is 0 Å². The molecule has 1 N–H and O–H groups in total. The van der Waals surface area contributed by atoms with Crippen LogP contribution in [0.2, 0.25) is 5.02 Å². The molecule has 2 aromatic heterocycles. The Morgan fingerprint density at radius 2 is 2.25 bits per heavy atom. The highest BCUT2D eigenvalue weighted by molar-refractivity contribution is 9.10. The van der Waals surface area contributed by atoms with Gasteiger partial charge >= 0.3 is 5.97 Å². The summed E-state index contributed by atoms with van der Waals surface area (Å²) >= 11 is 9.18. The lowest BCUT2D eigenvalue weighted by Crippen LogP contribution is -1.99. The summed E-state index contributed by atoms with van der Waals surface area (Å²) in [6.07, 6.45) is 4.15. The molecule has 0 unspecified atom stereocenters.